The number of carbonyl (C=O) groups excluding carboxylic acids is 3. The van der Waals surface area contributed by atoms with Crippen LogP contribution in [0.4, 0.5) is 0 Å². The summed E-state index contributed by atoms with van der Waals surface area (Å²) >= 11 is 0. The van der Waals surface area contributed by atoms with Crippen molar-refractivity contribution >= 4 is 17.9 Å². The number of rotatable bonds is 54. The summed E-state index contributed by atoms with van der Waals surface area (Å²) in [4.78, 5) is 38.1. The van der Waals surface area contributed by atoms with Crippen LogP contribution in [0.3, 0.4) is 0 Å². The number of hydrogen-bond acceptors (Lipinski definition) is 6. The number of unbranched alkanes of at least 4 members (excludes halogenated alkanes) is 41. The van der Waals surface area contributed by atoms with Gasteiger partial charge in [0, 0.05) is 19.3 Å². The van der Waals surface area contributed by atoms with E-state index in [1.165, 1.54) is 231 Å². The van der Waals surface area contributed by atoms with Crippen LogP contribution in [0.2, 0.25) is 0 Å². The van der Waals surface area contributed by atoms with Crippen molar-refractivity contribution in [2.45, 2.75) is 342 Å². The van der Waals surface area contributed by atoms with Crippen LogP contribution in [-0.2, 0) is 28.6 Å². The molecule has 0 aromatic rings. The van der Waals surface area contributed by atoms with E-state index in [9.17, 15) is 14.4 Å². The molecule has 0 aliphatic heterocycles. The van der Waals surface area contributed by atoms with Gasteiger partial charge in [-0.25, -0.2) is 0 Å². The first-order valence-corrected chi connectivity index (χ1v) is 29.4. The van der Waals surface area contributed by atoms with Crippen molar-refractivity contribution < 1.29 is 28.6 Å². The van der Waals surface area contributed by atoms with Crippen molar-refractivity contribution in [2.24, 2.45) is 5.92 Å². The molecule has 0 radical (unpaired) electrons. The van der Waals surface area contributed by atoms with Gasteiger partial charge in [-0.05, 0) is 25.2 Å². The maximum Gasteiger partial charge on any atom is 0.306 e. The molecule has 0 aliphatic rings. The highest BCUT2D eigenvalue weighted by Gasteiger charge is 2.19. The van der Waals surface area contributed by atoms with Gasteiger partial charge in [0.15, 0.2) is 6.10 Å². The number of esters is 3. The lowest BCUT2D eigenvalue weighted by atomic mass is 10.0. The van der Waals surface area contributed by atoms with Crippen LogP contribution in [0.15, 0.2) is 0 Å². The lowest BCUT2D eigenvalue weighted by molar-refractivity contribution is -0.167. The molecule has 0 aromatic heterocycles. The molecule has 0 fully saturated rings. The normalized spacial score (nSPS) is 12.0. The molecule has 0 bridgehead atoms. The Morgan fingerprint density at radius 1 is 0.292 bits per heavy atom. The van der Waals surface area contributed by atoms with Crippen LogP contribution in [-0.4, -0.2) is 37.2 Å². The molecular weight excluding hydrogens is 805 g/mol. The first-order chi connectivity index (χ1) is 31.9. The SMILES string of the molecule is CCCCCCCCCCCCCCCCCCCCC(=O)OC[C@H](COC(=O)CCCCCCCCCCCCCC(C)C)OC(=O)CCCCCCCCCCCCCCCCC. The van der Waals surface area contributed by atoms with E-state index >= 15 is 0 Å². The van der Waals surface area contributed by atoms with E-state index in [4.69, 9.17) is 14.2 Å². The van der Waals surface area contributed by atoms with Gasteiger partial charge in [0.05, 0.1) is 0 Å². The molecule has 0 saturated carbocycles. The summed E-state index contributed by atoms with van der Waals surface area (Å²) in [5, 5.41) is 0. The Labute approximate surface area is 406 Å². The fraction of sp³-hybridized carbons (Fsp3) is 0.949. The standard InChI is InChI=1S/C59H114O6/c1-5-7-9-11-13-15-17-19-21-22-23-25-26-30-34-38-42-46-50-57(60)63-53-56(54-64-58(61)51-47-43-39-35-32-28-29-33-37-41-45-49-55(3)4)65-59(62)52-48-44-40-36-31-27-24-20-18-16-14-12-10-8-6-2/h55-56H,5-54H2,1-4H3/t56-/m1/s1. The van der Waals surface area contributed by atoms with E-state index in [-0.39, 0.29) is 31.1 Å². The summed E-state index contributed by atoms with van der Waals surface area (Å²) in [5.74, 6) is -0.00774. The predicted octanol–water partition coefficient (Wildman–Crippen LogP) is 19.4. The molecule has 6 heteroatoms. The average Bonchev–Trinajstić information content (AvgIpc) is 3.29. The Morgan fingerprint density at radius 2 is 0.508 bits per heavy atom. The van der Waals surface area contributed by atoms with Gasteiger partial charge in [-0.15, -0.1) is 0 Å². The summed E-state index contributed by atoms with van der Waals surface area (Å²) in [6.45, 7) is 9.06. The molecule has 1 atom stereocenters. The molecule has 0 N–H and O–H groups in total. The molecule has 386 valence electrons. The topological polar surface area (TPSA) is 78.9 Å². The minimum atomic E-state index is -0.762. The maximum atomic E-state index is 12.8. The Hall–Kier alpha value is -1.59. The number of hydrogen-bond donors (Lipinski definition) is 0. The lowest BCUT2D eigenvalue weighted by Crippen LogP contribution is -2.30. The van der Waals surface area contributed by atoms with Gasteiger partial charge in [-0.1, -0.05) is 297 Å². The van der Waals surface area contributed by atoms with Crippen molar-refractivity contribution in [3.63, 3.8) is 0 Å². The second-order valence-electron chi connectivity index (χ2n) is 20.8. The van der Waals surface area contributed by atoms with E-state index in [1.807, 2.05) is 0 Å². The molecule has 0 saturated heterocycles. The summed E-state index contributed by atoms with van der Waals surface area (Å²) < 4.78 is 16.9. The Bertz CT molecular complexity index is 980. The van der Waals surface area contributed by atoms with Gasteiger partial charge in [-0.2, -0.15) is 0 Å². The zero-order valence-corrected chi connectivity index (χ0v) is 44.5. The van der Waals surface area contributed by atoms with Crippen LogP contribution in [0.5, 0.6) is 0 Å². The second kappa shape index (κ2) is 53.4. The lowest BCUT2D eigenvalue weighted by Gasteiger charge is -2.18. The Balaban J connectivity index is 4.28. The van der Waals surface area contributed by atoms with Crippen molar-refractivity contribution in [3.8, 4) is 0 Å². The molecule has 65 heavy (non-hydrogen) atoms. The fourth-order valence-electron chi connectivity index (χ4n) is 9.10. The zero-order chi connectivity index (χ0) is 47.4. The molecule has 0 aliphatic carbocycles. The van der Waals surface area contributed by atoms with Crippen LogP contribution >= 0.6 is 0 Å². The molecular formula is C59H114O6. The summed E-state index contributed by atoms with van der Waals surface area (Å²) in [6, 6.07) is 0. The first-order valence-electron chi connectivity index (χ1n) is 29.4. The largest absolute Gasteiger partial charge is 0.462 e. The van der Waals surface area contributed by atoms with Crippen LogP contribution in [0.25, 0.3) is 0 Å². The van der Waals surface area contributed by atoms with Gasteiger partial charge >= 0.3 is 17.9 Å². The fourth-order valence-corrected chi connectivity index (χ4v) is 9.10. The summed E-state index contributed by atoms with van der Waals surface area (Å²) in [5.41, 5.74) is 0. The van der Waals surface area contributed by atoms with E-state index < -0.39 is 6.10 Å². The highest BCUT2D eigenvalue weighted by atomic mass is 16.6. The van der Waals surface area contributed by atoms with Crippen molar-refractivity contribution in [2.75, 3.05) is 13.2 Å². The van der Waals surface area contributed by atoms with E-state index in [1.54, 1.807) is 0 Å². The second-order valence-corrected chi connectivity index (χ2v) is 20.8. The molecule has 0 rings (SSSR count). The number of carbonyl (C=O) groups is 3. The highest BCUT2D eigenvalue weighted by Crippen LogP contribution is 2.18. The smallest absolute Gasteiger partial charge is 0.306 e. The van der Waals surface area contributed by atoms with Crippen LogP contribution in [0.1, 0.15) is 336 Å². The third-order valence-electron chi connectivity index (χ3n) is 13.5. The Kier molecular flexibility index (Phi) is 52.1. The highest BCUT2D eigenvalue weighted by molar-refractivity contribution is 5.71. The van der Waals surface area contributed by atoms with Gasteiger partial charge < -0.3 is 14.2 Å². The monoisotopic (exact) mass is 919 g/mol. The minimum absolute atomic E-state index is 0.0618. The van der Waals surface area contributed by atoms with E-state index in [0.717, 1.165) is 63.7 Å². The third-order valence-corrected chi connectivity index (χ3v) is 13.5. The van der Waals surface area contributed by atoms with Crippen LogP contribution < -0.4 is 0 Å². The molecule has 0 amide bonds. The van der Waals surface area contributed by atoms with Gasteiger partial charge in [0.2, 0.25) is 0 Å². The molecule has 0 spiro atoms. The van der Waals surface area contributed by atoms with E-state index in [2.05, 4.69) is 27.7 Å². The van der Waals surface area contributed by atoms with Crippen LogP contribution in [0, 0.1) is 5.92 Å². The molecule has 0 heterocycles. The quantitative estimate of drug-likeness (QED) is 0.0344. The minimum Gasteiger partial charge on any atom is -0.462 e. The molecule has 6 nitrogen and oxygen atoms in total. The van der Waals surface area contributed by atoms with Gasteiger partial charge in [0.1, 0.15) is 13.2 Å². The van der Waals surface area contributed by atoms with Gasteiger partial charge in [-0.3, -0.25) is 14.4 Å². The Morgan fingerprint density at radius 3 is 0.754 bits per heavy atom. The maximum absolute atomic E-state index is 12.8. The summed E-state index contributed by atoms with van der Waals surface area (Å²) in [7, 11) is 0. The van der Waals surface area contributed by atoms with Crippen molar-refractivity contribution in [1.82, 2.24) is 0 Å². The number of ether oxygens (including phenoxy) is 3. The summed E-state index contributed by atoms with van der Waals surface area (Å²) in [6.07, 6.45) is 58.1. The van der Waals surface area contributed by atoms with E-state index in [0.29, 0.717) is 19.3 Å². The average molecular weight is 920 g/mol. The zero-order valence-electron chi connectivity index (χ0n) is 44.5. The predicted molar refractivity (Wildman–Crippen MR) is 280 cm³/mol. The van der Waals surface area contributed by atoms with Gasteiger partial charge in [0.25, 0.3) is 0 Å². The third kappa shape index (κ3) is 53.2. The molecule has 0 unspecified atom stereocenters. The molecule has 0 aromatic carbocycles. The van der Waals surface area contributed by atoms with Crippen molar-refractivity contribution in [3.05, 3.63) is 0 Å². The van der Waals surface area contributed by atoms with Crippen molar-refractivity contribution in [1.29, 1.82) is 0 Å². The first kappa shape index (κ1) is 63.4.